The quantitative estimate of drug-likeness (QED) is 0.733. The molecule has 1 saturated heterocycles. The molecule has 1 fully saturated rings. The molecule has 0 aromatic heterocycles. The molecule has 0 saturated carbocycles. The molecule has 5 heteroatoms. The van der Waals surface area contributed by atoms with E-state index in [0.29, 0.717) is 6.54 Å². The van der Waals surface area contributed by atoms with Crippen molar-refractivity contribution in [2.24, 2.45) is 0 Å². The molecule has 5 nitrogen and oxygen atoms in total. The monoisotopic (exact) mass is 250 g/mol. The molecule has 3 N–H and O–H groups in total. The van der Waals surface area contributed by atoms with Gasteiger partial charge in [-0.2, -0.15) is 0 Å². The van der Waals surface area contributed by atoms with Gasteiger partial charge in [0.25, 0.3) is 0 Å². The number of aliphatic hydroxyl groups is 1. The lowest BCUT2D eigenvalue weighted by molar-refractivity contribution is 0.136. The lowest BCUT2D eigenvalue weighted by Crippen LogP contribution is -2.36. The number of nitrogens with one attached hydrogen (secondary N) is 2. The van der Waals surface area contributed by atoms with Gasteiger partial charge in [0.1, 0.15) is 6.61 Å². The second-order valence-corrected chi connectivity index (χ2v) is 4.43. The topological polar surface area (TPSA) is 70.6 Å². The Morgan fingerprint density at radius 2 is 2.22 bits per heavy atom. The SMILES string of the molecule is O=C(NC1CNC(CO)C1)OCc1ccccc1. The average Bonchev–Trinajstić information content (AvgIpc) is 2.85. The van der Waals surface area contributed by atoms with Crippen molar-refractivity contribution in [3.63, 3.8) is 0 Å². The molecular weight excluding hydrogens is 232 g/mol. The Morgan fingerprint density at radius 3 is 2.89 bits per heavy atom. The molecule has 2 unspecified atom stereocenters. The van der Waals surface area contributed by atoms with E-state index in [1.54, 1.807) is 0 Å². The van der Waals surface area contributed by atoms with E-state index in [-0.39, 0.29) is 25.3 Å². The van der Waals surface area contributed by atoms with Gasteiger partial charge in [0.15, 0.2) is 0 Å². The Labute approximate surface area is 106 Å². The second kappa shape index (κ2) is 6.37. The van der Waals surface area contributed by atoms with Gasteiger partial charge in [-0.3, -0.25) is 0 Å². The third-order valence-electron chi connectivity index (χ3n) is 2.98. The summed E-state index contributed by atoms with van der Waals surface area (Å²) < 4.78 is 5.12. The van der Waals surface area contributed by atoms with Crippen molar-refractivity contribution in [1.29, 1.82) is 0 Å². The first-order chi connectivity index (χ1) is 8.78. The maximum Gasteiger partial charge on any atom is 0.407 e. The minimum atomic E-state index is -0.413. The normalized spacial score (nSPS) is 22.7. The van der Waals surface area contributed by atoms with Crippen LogP contribution in [0.4, 0.5) is 4.79 Å². The number of benzene rings is 1. The summed E-state index contributed by atoms with van der Waals surface area (Å²) in [6.45, 7) is 1.04. The summed E-state index contributed by atoms with van der Waals surface area (Å²) in [6, 6.07) is 9.66. The van der Waals surface area contributed by atoms with Crippen LogP contribution in [0.15, 0.2) is 30.3 Å². The summed E-state index contributed by atoms with van der Waals surface area (Å²) in [7, 11) is 0. The van der Waals surface area contributed by atoms with Gasteiger partial charge >= 0.3 is 6.09 Å². The fraction of sp³-hybridized carbons (Fsp3) is 0.462. The zero-order valence-corrected chi connectivity index (χ0v) is 10.1. The lowest BCUT2D eigenvalue weighted by Gasteiger charge is -2.12. The molecule has 2 atom stereocenters. The van der Waals surface area contributed by atoms with E-state index in [1.807, 2.05) is 30.3 Å². The highest BCUT2D eigenvalue weighted by Crippen LogP contribution is 2.06. The zero-order chi connectivity index (χ0) is 12.8. The number of hydrogen-bond acceptors (Lipinski definition) is 4. The first kappa shape index (κ1) is 12.9. The number of ether oxygens (including phenoxy) is 1. The Balaban J connectivity index is 1.70. The molecule has 0 spiro atoms. The fourth-order valence-electron chi connectivity index (χ4n) is 2.00. The van der Waals surface area contributed by atoms with Gasteiger partial charge in [0.2, 0.25) is 0 Å². The van der Waals surface area contributed by atoms with Gasteiger partial charge < -0.3 is 20.5 Å². The Kier molecular flexibility index (Phi) is 4.55. The van der Waals surface area contributed by atoms with Gasteiger partial charge in [-0.25, -0.2) is 4.79 Å². The molecule has 1 aromatic carbocycles. The van der Waals surface area contributed by atoms with E-state index >= 15 is 0 Å². The zero-order valence-electron chi connectivity index (χ0n) is 10.1. The highest BCUT2D eigenvalue weighted by atomic mass is 16.5. The first-order valence-electron chi connectivity index (χ1n) is 6.09. The van der Waals surface area contributed by atoms with E-state index in [9.17, 15) is 4.79 Å². The summed E-state index contributed by atoms with van der Waals surface area (Å²) in [4.78, 5) is 11.5. The van der Waals surface area contributed by atoms with Crippen LogP contribution in [0.1, 0.15) is 12.0 Å². The molecule has 1 aromatic rings. The van der Waals surface area contributed by atoms with Crippen LogP contribution in [0.2, 0.25) is 0 Å². The minimum Gasteiger partial charge on any atom is -0.445 e. The molecular formula is C13H18N2O3. The first-order valence-corrected chi connectivity index (χ1v) is 6.09. The molecule has 2 rings (SSSR count). The van der Waals surface area contributed by atoms with Gasteiger partial charge in [0, 0.05) is 18.6 Å². The molecule has 1 aliphatic heterocycles. The average molecular weight is 250 g/mol. The van der Waals surface area contributed by atoms with Crippen LogP contribution in [0.5, 0.6) is 0 Å². The molecule has 1 heterocycles. The van der Waals surface area contributed by atoms with E-state index in [1.165, 1.54) is 0 Å². The number of carbonyl (C=O) groups is 1. The van der Waals surface area contributed by atoms with Crippen LogP contribution in [-0.2, 0) is 11.3 Å². The Morgan fingerprint density at radius 1 is 1.44 bits per heavy atom. The summed E-state index contributed by atoms with van der Waals surface area (Å²) >= 11 is 0. The third kappa shape index (κ3) is 3.72. The van der Waals surface area contributed by atoms with Crippen molar-refractivity contribution < 1.29 is 14.6 Å². The van der Waals surface area contributed by atoms with Gasteiger partial charge in [-0.1, -0.05) is 30.3 Å². The molecule has 98 valence electrons. The van der Waals surface area contributed by atoms with Crippen LogP contribution in [0.25, 0.3) is 0 Å². The lowest BCUT2D eigenvalue weighted by atomic mass is 10.2. The van der Waals surface area contributed by atoms with Crippen LogP contribution in [-0.4, -0.2) is 36.4 Å². The van der Waals surface area contributed by atoms with E-state index in [2.05, 4.69) is 10.6 Å². The summed E-state index contributed by atoms with van der Waals surface area (Å²) in [6.07, 6.45) is 0.320. The number of carbonyl (C=O) groups excluding carboxylic acids is 1. The number of aliphatic hydroxyl groups excluding tert-OH is 1. The maximum atomic E-state index is 11.5. The molecule has 1 aliphatic rings. The van der Waals surface area contributed by atoms with Gasteiger partial charge in [0.05, 0.1) is 6.61 Å². The van der Waals surface area contributed by atoms with Crippen molar-refractivity contribution in [1.82, 2.24) is 10.6 Å². The molecule has 1 amide bonds. The number of hydrogen-bond donors (Lipinski definition) is 3. The molecule has 18 heavy (non-hydrogen) atoms. The van der Waals surface area contributed by atoms with Crippen molar-refractivity contribution >= 4 is 6.09 Å². The van der Waals surface area contributed by atoms with E-state index in [0.717, 1.165) is 12.0 Å². The Hall–Kier alpha value is -1.59. The second-order valence-electron chi connectivity index (χ2n) is 4.43. The standard InChI is InChI=1S/C13H18N2O3/c16-8-12-6-11(7-14-12)15-13(17)18-9-10-4-2-1-3-5-10/h1-5,11-12,14,16H,6-9H2,(H,15,17). The number of alkyl carbamates (subject to hydrolysis) is 1. The third-order valence-corrected chi connectivity index (χ3v) is 2.98. The highest BCUT2D eigenvalue weighted by molar-refractivity contribution is 5.67. The van der Waals surface area contributed by atoms with Crippen LogP contribution < -0.4 is 10.6 Å². The van der Waals surface area contributed by atoms with E-state index < -0.39 is 6.09 Å². The minimum absolute atomic E-state index is 0.0328. The van der Waals surface area contributed by atoms with E-state index in [4.69, 9.17) is 9.84 Å². The van der Waals surface area contributed by atoms with Crippen molar-refractivity contribution in [3.05, 3.63) is 35.9 Å². The molecule has 0 radical (unpaired) electrons. The number of amides is 1. The van der Waals surface area contributed by atoms with Crippen molar-refractivity contribution in [3.8, 4) is 0 Å². The predicted molar refractivity (Wildman–Crippen MR) is 67.0 cm³/mol. The summed E-state index contributed by atoms with van der Waals surface area (Å²) in [5.41, 5.74) is 0.963. The fourth-order valence-corrected chi connectivity index (χ4v) is 2.00. The highest BCUT2D eigenvalue weighted by Gasteiger charge is 2.24. The van der Waals surface area contributed by atoms with Gasteiger partial charge in [-0.15, -0.1) is 0 Å². The maximum absolute atomic E-state index is 11.5. The van der Waals surface area contributed by atoms with Crippen LogP contribution >= 0.6 is 0 Å². The largest absolute Gasteiger partial charge is 0.445 e. The Bertz CT molecular complexity index is 383. The summed E-state index contributed by atoms with van der Waals surface area (Å²) in [5, 5.41) is 14.9. The number of rotatable bonds is 4. The van der Waals surface area contributed by atoms with Gasteiger partial charge in [-0.05, 0) is 12.0 Å². The van der Waals surface area contributed by atoms with Crippen LogP contribution in [0, 0.1) is 0 Å². The molecule has 0 bridgehead atoms. The van der Waals surface area contributed by atoms with Crippen molar-refractivity contribution in [2.75, 3.05) is 13.2 Å². The predicted octanol–water partition coefficient (Wildman–Crippen LogP) is 0.636. The summed E-state index contributed by atoms with van der Waals surface area (Å²) in [5.74, 6) is 0. The van der Waals surface area contributed by atoms with Crippen LogP contribution in [0.3, 0.4) is 0 Å². The molecule has 0 aliphatic carbocycles. The smallest absolute Gasteiger partial charge is 0.407 e. The van der Waals surface area contributed by atoms with Crippen molar-refractivity contribution in [2.45, 2.75) is 25.1 Å².